The van der Waals surface area contributed by atoms with Crippen molar-refractivity contribution in [3.63, 3.8) is 0 Å². The molecule has 114 valence electrons. The molecule has 0 aliphatic rings. The summed E-state index contributed by atoms with van der Waals surface area (Å²) in [6.07, 6.45) is 0. The number of rotatable bonds is 3. The average Bonchev–Trinajstić information content (AvgIpc) is 2.55. The zero-order chi connectivity index (χ0) is 16.5. The van der Waals surface area contributed by atoms with E-state index in [1.165, 1.54) is 24.3 Å². The van der Waals surface area contributed by atoms with E-state index in [0.29, 0.717) is 11.1 Å². The van der Waals surface area contributed by atoms with Crippen LogP contribution >= 0.6 is 0 Å². The van der Waals surface area contributed by atoms with Gasteiger partial charge in [-0.25, -0.2) is 4.79 Å². The van der Waals surface area contributed by atoms with E-state index < -0.39 is 10.9 Å². The Kier molecular flexibility index (Phi) is 6.39. The first-order chi connectivity index (χ1) is 10.5. The monoisotopic (exact) mass is 303 g/mol. The second-order valence-corrected chi connectivity index (χ2v) is 4.08. The first-order valence-electron chi connectivity index (χ1n) is 6.12. The molecule has 0 bridgehead atoms. The molecule has 0 atom stereocenters. The molecule has 0 amide bonds. The largest absolute Gasteiger partial charge is 0.339 e. The maximum absolute atomic E-state index is 12.0. The lowest BCUT2D eigenvalue weighted by Gasteiger charge is -2.00. The molecule has 7 nitrogen and oxygen atoms in total. The van der Waals surface area contributed by atoms with Crippen LogP contribution in [-0.2, 0) is 9.68 Å². The van der Waals surface area contributed by atoms with Gasteiger partial charge in [-0.15, -0.1) is 0 Å². The minimum absolute atomic E-state index is 0.0189. The number of nitro benzene ring substituents is 1. The molecule has 0 aliphatic heterocycles. The van der Waals surface area contributed by atoms with Crippen LogP contribution in [0.1, 0.15) is 22.8 Å². The van der Waals surface area contributed by atoms with Gasteiger partial charge in [-0.05, 0) is 12.1 Å². The third-order valence-corrected chi connectivity index (χ3v) is 2.50. The molecule has 2 aromatic rings. The molecule has 7 heteroatoms. The quantitative estimate of drug-likeness (QED) is 0.404. The van der Waals surface area contributed by atoms with Gasteiger partial charge in [0, 0.05) is 30.2 Å². The zero-order valence-electron chi connectivity index (χ0n) is 11.6. The van der Waals surface area contributed by atoms with Gasteiger partial charge in [0.1, 0.15) is 0 Å². The maximum Gasteiger partial charge on any atom is 0.339 e. The lowest BCUT2D eigenvalue weighted by Crippen LogP contribution is -2.00. The van der Waals surface area contributed by atoms with Crippen molar-refractivity contribution in [3.8, 4) is 0 Å². The van der Waals surface area contributed by atoms with Crippen molar-refractivity contribution >= 4 is 17.4 Å². The van der Waals surface area contributed by atoms with Gasteiger partial charge in [-0.1, -0.05) is 30.3 Å². The maximum atomic E-state index is 12.0. The van der Waals surface area contributed by atoms with Gasteiger partial charge in [0.15, 0.2) is 5.78 Å². The molecule has 0 aromatic heterocycles. The summed E-state index contributed by atoms with van der Waals surface area (Å²) in [6, 6.07) is 14.4. The average molecular weight is 303 g/mol. The molecule has 0 aliphatic carbocycles. The van der Waals surface area contributed by atoms with Crippen molar-refractivity contribution in [3.05, 3.63) is 75.8 Å². The Bertz CT molecular complexity index is 651. The Labute approximate surface area is 125 Å². The van der Waals surface area contributed by atoms with Crippen LogP contribution in [0, 0.1) is 10.1 Å². The van der Waals surface area contributed by atoms with Gasteiger partial charge in [0.25, 0.3) is 5.69 Å². The number of nitrogens with zero attached hydrogens (tertiary/aromatic N) is 1. The molecule has 0 fully saturated rings. The van der Waals surface area contributed by atoms with Crippen LogP contribution in [0.15, 0.2) is 54.6 Å². The van der Waals surface area contributed by atoms with Crippen molar-refractivity contribution in [1.82, 2.24) is 0 Å². The van der Waals surface area contributed by atoms with Crippen molar-refractivity contribution in [1.29, 1.82) is 0 Å². The number of non-ortho nitro benzene ring substituents is 1. The highest BCUT2D eigenvalue weighted by atomic mass is 17.1. The summed E-state index contributed by atoms with van der Waals surface area (Å²) in [6.45, 7) is 1.11. The summed E-state index contributed by atoms with van der Waals surface area (Å²) >= 11 is 0. The number of carbonyl (C=O) groups is 2. The van der Waals surface area contributed by atoms with E-state index in [0.717, 1.165) is 6.92 Å². The van der Waals surface area contributed by atoms with Crippen LogP contribution < -0.4 is 0 Å². The fourth-order valence-corrected chi connectivity index (χ4v) is 1.49. The molecule has 0 spiro atoms. The Morgan fingerprint density at radius 2 is 1.45 bits per heavy atom. The lowest BCUT2D eigenvalue weighted by atomic mass is 10.0. The van der Waals surface area contributed by atoms with E-state index in [1.54, 1.807) is 24.3 Å². The predicted molar refractivity (Wildman–Crippen MR) is 77.4 cm³/mol. The van der Waals surface area contributed by atoms with E-state index in [4.69, 9.17) is 5.26 Å². The molecule has 22 heavy (non-hydrogen) atoms. The number of benzene rings is 2. The highest BCUT2D eigenvalue weighted by molar-refractivity contribution is 6.09. The molecule has 0 saturated heterocycles. The van der Waals surface area contributed by atoms with Gasteiger partial charge in [-0.3, -0.25) is 14.9 Å². The third-order valence-electron chi connectivity index (χ3n) is 2.50. The van der Waals surface area contributed by atoms with Crippen molar-refractivity contribution in [2.75, 3.05) is 0 Å². The zero-order valence-corrected chi connectivity index (χ0v) is 11.6. The van der Waals surface area contributed by atoms with Crippen LogP contribution in [0.4, 0.5) is 5.69 Å². The van der Waals surface area contributed by atoms with E-state index in [-0.39, 0.29) is 11.5 Å². The Morgan fingerprint density at radius 1 is 1.00 bits per heavy atom. The van der Waals surface area contributed by atoms with Crippen LogP contribution in [0.3, 0.4) is 0 Å². The first-order valence-corrected chi connectivity index (χ1v) is 6.12. The van der Waals surface area contributed by atoms with Crippen LogP contribution in [0.2, 0.25) is 0 Å². The highest BCUT2D eigenvalue weighted by Crippen LogP contribution is 2.15. The Hall–Kier alpha value is -3.06. The Balaban J connectivity index is 0.000000422. The molecule has 2 rings (SSSR count). The smallest absolute Gasteiger partial charge is 0.301 e. The fraction of sp³-hybridized carbons (Fsp3) is 0.0667. The fourth-order valence-electron chi connectivity index (χ4n) is 1.49. The van der Waals surface area contributed by atoms with Crippen LogP contribution in [-0.4, -0.2) is 21.9 Å². The van der Waals surface area contributed by atoms with E-state index in [9.17, 15) is 19.7 Å². The second kappa shape index (κ2) is 8.28. The number of hydrogen-bond acceptors (Lipinski definition) is 6. The lowest BCUT2D eigenvalue weighted by molar-refractivity contribution is -0.384. The molecular formula is C15H13NO6. The molecule has 0 saturated carbocycles. The third kappa shape index (κ3) is 5.14. The summed E-state index contributed by atoms with van der Waals surface area (Å²) < 4.78 is 0. The number of carbonyl (C=O) groups excluding carboxylic acids is 2. The molecular weight excluding hydrogens is 290 g/mol. The summed E-state index contributed by atoms with van der Waals surface area (Å²) in [7, 11) is 0. The summed E-state index contributed by atoms with van der Waals surface area (Å²) in [5.41, 5.74) is 0.998. The topological polar surface area (TPSA) is 107 Å². The SMILES string of the molecule is CC(=O)OO.O=C(c1ccccc1)c1ccc([N+](=O)[O-])cc1. The highest BCUT2D eigenvalue weighted by Gasteiger charge is 2.10. The first kappa shape index (κ1) is 17.0. The van der Waals surface area contributed by atoms with Crippen molar-refractivity contribution < 1.29 is 24.7 Å². The Morgan fingerprint density at radius 3 is 1.86 bits per heavy atom. The van der Waals surface area contributed by atoms with E-state index in [1.807, 2.05) is 6.07 Å². The van der Waals surface area contributed by atoms with Gasteiger partial charge in [0.05, 0.1) is 4.92 Å². The standard InChI is InChI=1S/C13H9NO3.C2H4O3/c15-13(10-4-2-1-3-5-10)11-6-8-12(9-7-11)14(16)17;1-2(3)5-4/h1-9H;4H,1H3. The summed E-state index contributed by atoms with van der Waals surface area (Å²) in [5.74, 6) is -0.828. The van der Waals surface area contributed by atoms with Gasteiger partial charge in [0.2, 0.25) is 0 Å². The summed E-state index contributed by atoms with van der Waals surface area (Å²) in [4.78, 5) is 34.4. The molecule has 0 radical (unpaired) electrons. The number of nitro groups is 1. The van der Waals surface area contributed by atoms with Crippen LogP contribution in [0.5, 0.6) is 0 Å². The van der Waals surface area contributed by atoms with Crippen molar-refractivity contribution in [2.24, 2.45) is 0 Å². The minimum atomic E-state index is -0.690. The van der Waals surface area contributed by atoms with Gasteiger partial charge >= 0.3 is 5.97 Å². The molecule has 1 N–H and O–H groups in total. The van der Waals surface area contributed by atoms with E-state index in [2.05, 4.69) is 4.89 Å². The predicted octanol–water partition coefficient (Wildman–Crippen LogP) is 2.85. The van der Waals surface area contributed by atoms with Gasteiger partial charge in [-0.2, -0.15) is 5.26 Å². The van der Waals surface area contributed by atoms with Gasteiger partial charge < -0.3 is 4.89 Å². The number of ketones is 1. The summed E-state index contributed by atoms with van der Waals surface area (Å²) in [5, 5.41) is 17.8. The minimum Gasteiger partial charge on any atom is -0.301 e. The second-order valence-electron chi connectivity index (χ2n) is 4.08. The van der Waals surface area contributed by atoms with Crippen molar-refractivity contribution in [2.45, 2.75) is 6.92 Å². The molecule has 0 heterocycles. The number of hydrogen-bond donors (Lipinski definition) is 1. The molecule has 0 unspecified atom stereocenters. The van der Waals surface area contributed by atoms with E-state index >= 15 is 0 Å². The van der Waals surface area contributed by atoms with Crippen LogP contribution in [0.25, 0.3) is 0 Å². The molecule has 2 aromatic carbocycles. The normalized spacial score (nSPS) is 9.18.